The van der Waals surface area contributed by atoms with Gasteiger partial charge in [0.05, 0.1) is 5.41 Å². The fourth-order valence-corrected chi connectivity index (χ4v) is 3.71. The van der Waals surface area contributed by atoms with E-state index in [1.165, 1.54) is 0 Å². The van der Waals surface area contributed by atoms with Crippen molar-refractivity contribution in [3.63, 3.8) is 0 Å². The zero-order valence-corrected chi connectivity index (χ0v) is 15.7. The van der Waals surface area contributed by atoms with Crippen LogP contribution in [0.1, 0.15) is 30.9 Å². The van der Waals surface area contributed by atoms with Gasteiger partial charge in [-0.3, -0.25) is 9.59 Å². The lowest BCUT2D eigenvalue weighted by Gasteiger charge is -2.40. The molecular formula is C23H26N2O2. The van der Waals surface area contributed by atoms with Crippen LogP contribution in [0.15, 0.2) is 72.8 Å². The molecule has 2 amide bonds. The standard InChI is InChI=1S/C23H26N2O2/c1-2-9-21(26)25-16-14-23(15-17-25,20-12-7-4-8-13-20)22(27)24-18-19-10-5-3-6-11-19/h2-13H,14-18H2,1H3,(H,24,27)/b9-2+. The zero-order valence-electron chi connectivity index (χ0n) is 15.7. The average Bonchev–Trinajstić information content (AvgIpc) is 2.73. The molecule has 1 saturated heterocycles. The molecule has 0 aromatic heterocycles. The molecule has 1 aliphatic rings. The summed E-state index contributed by atoms with van der Waals surface area (Å²) in [6, 6.07) is 19.9. The van der Waals surface area contributed by atoms with Crippen LogP contribution in [0, 0.1) is 0 Å². The Kier molecular flexibility index (Phi) is 6.07. The van der Waals surface area contributed by atoms with Gasteiger partial charge in [0.1, 0.15) is 0 Å². The third-order valence-electron chi connectivity index (χ3n) is 5.29. The molecule has 1 fully saturated rings. The maximum absolute atomic E-state index is 13.3. The molecule has 0 aliphatic carbocycles. The predicted octanol–water partition coefficient (Wildman–Crippen LogP) is 3.44. The molecule has 27 heavy (non-hydrogen) atoms. The zero-order chi connectivity index (χ0) is 19.1. The van der Waals surface area contributed by atoms with E-state index in [1.54, 1.807) is 12.2 Å². The molecule has 1 heterocycles. The van der Waals surface area contributed by atoms with Gasteiger partial charge in [0.25, 0.3) is 0 Å². The van der Waals surface area contributed by atoms with Gasteiger partial charge in [-0.15, -0.1) is 0 Å². The number of allylic oxidation sites excluding steroid dienone is 1. The van der Waals surface area contributed by atoms with Crippen LogP contribution >= 0.6 is 0 Å². The molecule has 0 unspecified atom stereocenters. The Balaban J connectivity index is 1.78. The third kappa shape index (κ3) is 4.27. The van der Waals surface area contributed by atoms with Crippen LogP contribution in [-0.2, 0) is 21.5 Å². The van der Waals surface area contributed by atoms with Gasteiger partial charge in [-0.25, -0.2) is 0 Å². The highest BCUT2D eigenvalue weighted by Gasteiger charge is 2.43. The number of rotatable bonds is 5. The van der Waals surface area contributed by atoms with E-state index in [9.17, 15) is 9.59 Å². The minimum Gasteiger partial charge on any atom is -0.351 e. The molecule has 0 spiro atoms. The number of hydrogen-bond donors (Lipinski definition) is 1. The van der Waals surface area contributed by atoms with Gasteiger partial charge >= 0.3 is 0 Å². The lowest BCUT2D eigenvalue weighted by atomic mass is 9.72. The topological polar surface area (TPSA) is 49.4 Å². The average molecular weight is 362 g/mol. The number of benzene rings is 2. The largest absolute Gasteiger partial charge is 0.351 e. The van der Waals surface area contributed by atoms with Crippen LogP contribution in [0.25, 0.3) is 0 Å². The quantitative estimate of drug-likeness (QED) is 0.829. The van der Waals surface area contributed by atoms with E-state index < -0.39 is 5.41 Å². The lowest BCUT2D eigenvalue weighted by Crippen LogP contribution is -2.52. The van der Waals surface area contributed by atoms with E-state index in [2.05, 4.69) is 5.32 Å². The molecular weight excluding hydrogens is 336 g/mol. The Labute approximate surface area is 160 Å². The molecule has 3 rings (SSSR count). The van der Waals surface area contributed by atoms with Gasteiger partial charge in [0, 0.05) is 19.6 Å². The Hall–Kier alpha value is -2.88. The van der Waals surface area contributed by atoms with Crippen molar-refractivity contribution in [2.45, 2.75) is 31.7 Å². The minimum absolute atomic E-state index is 0.0175. The SMILES string of the molecule is C/C=C/C(=O)N1CCC(C(=O)NCc2ccccc2)(c2ccccc2)CC1. The summed E-state index contributed by atoms with van der Waals surface area (Å²) in [7, 11) is 0. The van der Waals surface area contributed by atoms with Gasteiger partial charge in [0.2, 0.25) is 11.8 Å². The summed E-state index contributed by atoms with van der Waals surface area (Å²) in [6.07, 6.45) is 4.60. The summed E-state index contributed by atoms with van der Waals surface area (Å²) in [4.78, 5) is 27.3. The molecule has 140 valence electrons. The molecule has 0 radical (unpaired) electrons. The van der Waals surface area contributed by atoms with E-state index in [4.69, 9.17) is 0 Å². The number of carbonyl (C=O) groups excluding carboxylic acids is 2. The summed E-state index contributed by atoms with van der Waals surface area (Å²) in [5, 5.41) is 3.12. The monoisotopic (exact) mass is 362 g/mol. The van der Waals surface area contributed by atoms with Crippen molar-refractivity contribution in [3.05, 3.63) is 83.9 Å². The lowest BCUT2D eigenvalue weighted by molar-refractivity contribution is -0.134. The van der Waals surface area contributed by atoms with Gasteiger partial charge in [-0.05, 0) is 37.0 Å². The van der Waals surface area contributed by atoms with Crippen LogP contribution in [-0.4, -0.2) is 29.8 Å². The number of piperidine rings is 1. The summed E-state index contributed by atoms with van der Waals surface area (Å²) in [5.74, 6) is 0.0551. The molecule has 2 aromatic carbocycles. The van der Waals surface area contributed by atoms with Gasteiger partial charge in [0.15, 0.2) is 0 Å². The first-order valence-corrected chi connectivity index (χ1v) is 9.45. The number of carbonyl (C=O) groups is 2. The summed E-state index contributed by atoms with van der Waals surface area (Å²) in [5.41, 5.74) is 1.51. The Morgan fingerprint density at radius 3 is 2.19 bits per heavy atom. The van der Waals surface area contributed by atoms with Crippen LogP contribution in [0.5, 0.6) is 0 Å². The van der Waals surface area contributed by atoms with Crippen molar-refractivity contribution < 1.29 is 9.59 Å². The second-order valence-corrected chi connectivity index (χ2v) is 6.94. The summed E-state index contributed by atoms with van der Waals surface area (Å²) >= 11 is 0. The van der Waals surface area contributed by atoms with Gasteiger partial charge < -0.3 is 10.2 Å². The van der Waals surface area contributed by atoms with Gasteiger partial charge in [-0.2, -0.15) is 0 Å². The van der Waals surface area contributed by atoms with Crippen molar-refractivity contribution >= 4 is 11.8 Å². The minimum atomic E-state index is -0.594. The smallest absolute Gasteiger partial charge is 0.246 e. The van der Waals surface area contributed by atoms with E-state index in [0.29, 0.717) is 32.5 Å². The first kappa shape index (κ1) is 18.9. The molecule has 4 heteroatoms. The Morgan fingerprint density at radius 2 is 1.59 bits per heavy atom. The Morgan fingerprint density at radius 1 is 1.00 bits per heavy atom. The fourth-order valence-electron chi connectivity index (χ4n) is 3.71. The van der Waals surface area contributed by atoms with Crippen molar-refractivity contribution in [1.29, 1.82) is 0 Å². The highest BCUT2D eigenvalue weighted by atomic mass is 16.2. The van der Waals surface area contributed by atoms with E-state index in [-0.39, 0.29) is 11.8 Å². The maximum atomic E-state index is 13.3. The molecule has 0 atom stereocenters. The van der Waals surface area contributed by atoms with Crippen LogP contribution in [0.4, 0.5) is 0 Å². The van der Waals surface area contributed by atoms with E-state index >= 15 is 0 Å². The van der Waals surface area contributed by atoms with Crippen LogP contribution in [0.2, 0.25) is 0 Å². The highest BCUT2D eigenvalue weighted by molar-refractivity contribution is 5.90. The van der Waals surface area contributed by atoms with Gasteiger partial charge in [-0.1, -0.05) is 66.7 Å². The molecule has 1 N–H and O–H groups in total. The predicted molar refractivity (Wildman–Crippen MR) is 107 cm³/mol. The maximum Gasteiger partial charge on any atom is 0.246 e. The second kappa shape index (κ2) is 8.67. The number of likely N-dealkylation sites (tertiary alicyclic amines) is 1. The fraction of sp³-hybridized carbons (Fsp3) is 0.304. The molecule has 1 aliphatic heterocycles. The highest BCUT2D eigenvalue weighted by Crippen LogP contribution is 2.36. The number of nitrogens with one attached hydrogen (secondary N) is 1. The third-order valence-corrected chi connectivity index (χ3v) is 5.29. The van der Waals surface area contributed by atoms with Crippen LogP contribution < -0.4 is 5.32 Å². The van der Waals surface area contributed by atoms with Crippen LogP contribution in [0.3, 0.4) is 0 Å². The number of hydrogen-bond acceptors (Lipinski definition) is 2. The van der Waals surface area contributed by atoms with Crippen molar-refractivity contribution in [1.82, 2.24) is 10.2 Å². The van der Waals surface area contributed by atoms with Crippen molar-refractivity contribution in [2.75, 3.05) is 13.1 Å². The van der Waals surface area contributed by atoms with E-state index in [1.807, 2.05) is 72.5 Å². The second-order valence-electron chi connectivity index (χ2n) is 6.94. The molecule has 0 bridgehead atoms. The summed E-state index contributed by atoms with van der Waals surface area (Å²) < 4.78 is 0. The molecule has 2 aromatic rings. The van der Waals surface area contributed by atoms with Crippen molar-refractivity contribution in [2.24, 2.45) is 0 Å². The first-order chi connectivity index (χ1) is 13.2. The summed E-state index contributed by atoms with van der Waals surface area (Å²) in [6.45, 7) is 3.51. The van der Waals surface area contributed by atoms with Crippen molar-refractivity contribution in [3.8, 4) is 0 Å². The number of amides is 2. The number of nitrogens with zero attached hydrogens (tertiary/aromatic N) is 1. The molecule has 4 nitrogen and oxygen atoms in total. The normalized spacial score (nSPS) is 16.3. The van der Waals surface area contributed by atoms with E-state index in [0.717, 1.165) is 11.1 Å². The first-order valence-electron chi connectivity index (χ1n) is 9.45. The Bertz CT molecular complexity index is 792. The molecule has 0 saturated carbocycles.